The number of hydrogen-bond acceptors (Lipinski definition) is 5. The molecular weight excluding hydrogens is 426 g/mol. The molecule has 3 aromatic rings. The van der Waals surface area contributed by atoms with E-state index in [1.165, 1.54) is 11.8 Å². The Morgan fingerprint density at radius 1 is 0.966 bits per heavy atom. The molecule has 0 atom stereocenters. The maximum absolute atomic E-state index is 13.0. The molecule has 0 aliphatic rings. The second-order valence-electron chi connectivity index (χ2n) is 7.47. The Bertz CT molecular complexity index is 1110. The van der Waals surface area contributed by atoms with Crippen molar-refractivity contribution in [2.24, 2.45) is 0 Å². The Balaban J connectivity index is 2.05. The van der Waals surface area contributed by atoms with E-state index in [9.17, 15) is 8.42 Å². The van der Waals surface area contributed by atoms with Crippen molar-refractivity contribution in [1.82, 2.24) is 9.97 Å². The molecule has 2 aromatic carbocycles. The van der Waals surface area contributed by atoms with Crippen molar-refractivity contribution in [2.75, 3.05) is 11.0 Å². The molecule has 5 nitrogen and oxygen atoms in total. The van der Waals surface area contributed by atoms with Gasteiger partial charge in [0, 0.05) is 0 Å². The fourth-order valence-corrected chi connectivity index (χ4v) is 4.47. The fourth-order valence-electron chi connectivity index (χ4n) is 2.76. The zero-order chi connectivity index (χ0) is 21.2. The molecule has 29 heavy (non-hydrogen) atoms. The van der Waals surface area contributed by atoms with Gasteiger partial charge < -0.3 is 0 Å². The highest BCUT2D eigenvalue weighted by Crippen LogP contribution is 2.35. The van der Waals surface area contributed by atoms with Crippen molar-refractivity contribution in [1.29, 1.82) is 0 Å². The molecule has 0 aliphatic heterocycles. The molecule has 1 heterocycles. The fraction of sp³-hybridized carbons (Fsp3) is 0.238. The van der Waals surface area contributed by atoms with Gasteiger partial charge in [0.1, 0.15) is 5.15 Å². The molecule has 152 valence electrons. The minimum Gasteiger partial charge on any atom is -0.263 e. The summed E-state index contributed by atoms with van der Waals surface area (Å²) in [7, 11) is -3.86. The van der Waals surface area contributed by atoms with Crippen LogP contribution in [0.3, 0.4) is 0 Å². The van der Waals surface area contributed by atoms with E-state index in [2.05, 4.69) is 35.5 Å². The van der Waals surface area contributed by atoms with Gasteiger partial charge in [0.2, 0.25) is 0 Å². The molecule has 1 aromatic heterocycles. The monoisotopic (exact) mass is 447 g/mol. The summed E-state index contributed by atoms with van der Waals surface area (Å²) in [5.74, 6) is 0.153. The molecule has 3 rings (SSSR count). The van der Waals surface area contributed by atoms with E-state index < -0.39 is 10.0 Å². The van der Waals surface area contributed by atoms with Gasteiger partial charge in [0.05, 0.1) is 10.5 Å². The van der Waals surface area contributed by atoms with Gasteiger partial charge in [0.15, 0.2) is 11.0 Å². The first-order chi connectivity index (χ1) is 13.6. The van der Waals surface area contributed by atoms with Crippen LogP contribution in [0.15, 0.2) is 64.6 Å². The maximum atomic E-state index is 13.0. The highest BCUT2D eigenvalue weighted by Gasteiger charge is 2.22. The number of nitrogens with one attached hydrogen (secondary N) is 1. The maximum Gasteiger partial charge on any atom is 0.263 e. The van der Waals surface area contributed by atoms with Crippen LogP contribution in [-0.4, -0.2) is 24.6 Å². The van der Waals surface area contributed by atoms with Gasteiger partial charge in [0.25, 0.3) is 10.0 Å². The summed E-state index contributed by atoms with van der Waals surface area (Å²) in [6.45, 7) is 6.23. The molecular formula is C21H22ClN3O2S2. The first-order valence-corrected chi connectivity index (χ1v) is 12.0. The number of benzene rings is 2. The second kappa shape index (κ2) is 8.34. The van der Waals surface area contributed by atoms with E-state index in [1.54, 1.807) is 18.4 Å². The van der Waals surface area contributed by atoms with Crippen LogP contribution in [0.5, 0.6) is 0 Å². The third-order valence-electron chi connectivity index (χ3n) is 4.35. The van der Waals surface area contributed by atoms with Crippen LogP contribution in [0.4, 0.5) is 5.82 Å². The zero-order valence-corrected chi connectivity index (χ0v) is 19.0. The largest absolute Gasteiger partial charge is 0.263 e. The lowest BCUT2D eigenvalue weighted by Gasteiger charge is -2.19. The van der Waals surface area contributed by atoms with Crippen molar-refractivity contribution >= 4 is 39.2 Å². The van der Waals surface area contributed by atoms with Crippen molar-refractivity contribution in [2.45, 2.75) is 36.2 Å². The van der Waals surface area contributed by atoms with E-state index in [-0.39, 0.29) is 21.3 Å². The van der Waals surface area contributed by atoms with Gasteiger partial charge in [-0.3, -0.25) is 4.72 Å². The third-order valence-corrected chi connectivity index (χ3v) is 6.53. The highest BCUT2D eigenvalue weighted by molar-refractivity contribution is 7.98. The van der Waals surface area contributed by atoms with Crippen LogP contribution >= 0.6 is 23.4 Å². The van der Waals surface area contributed by atoms with Crippen molar-refractivity contribution < 1.29 is 8.42 Å². The number of rotatable bonds is 5. The van der Waals surface area contributed by atoms with Gasteiger partial charge in [-0.1, -0.05) is 86.6 Å². The predicted octanol–water partition coefficient (Wildman–Crippen LogP) is 5.62. The number of nitrogens with zero attached hydrogens (tertiary/aromatic N) is 2. The van der Waals surface area contributed by atoms with Crippen LogP contribution in [-0.2, 0) is 15.4 Å². The molecule has 0 fully saturated rings. The van der Waals surface area contributed by atoms with Crippen LogP contribution in [0, 0.1) is 0 Å². The highest BCUT2D eigenvalue weighted by atomic mass is 35.5. The van der Waals surface area contributed by atoms with E-state index in [0.717, 1.165) is 11.1 Å². The molecule has 0 saturated carbocycles. The summed E-state index contributed by atoms with van der Waals surface area (Å²) >= 11 is 7.68. The van der Waals surface area contributed by atoms with E-state index >= 15 is 0 Å². The molecule has 0 aliphatic carbocycles. The number of aromatic nitrogens is 2. The van der Waals surface area contributed by atoms with Gasteiger partial charge >= 0.3 is 0 Å². The number of halogens is 1. The number of hydrogen-bond donors (Lipinski definition) is 1. The predicted molar refractivity (Wildman–Crippen MR) is 120 cm³/mol. The average Bonchev–Trinajstić information content (AvgIpc) is 2.67. The molecule has 0 radical (unpaired) electrons. The van der Waals surface area contributed by atoms with Gasteiger partial charge in [-0.15, -0.1) is 0 Å². The van der Waals surface area contributed by atoms with Gasteiger partial charge in [-0.25, -0.2) is 18.4 Å². The summed E-state index contributed by atoms with van der Waals surface area (Å²) in [6.07, 6.45) is 1.80. The van der Waals surface area contributed by atoms with Crippen LogP contribution in [0.25, 0.3) is 11.1 Å². The van der Waals surface area contributed by atoms with Crippen molar-refractivity contribution in [3.05, 3.63) is 65.3 Å². The summed E-state index contributed by atoms with van der Waals surface area (Å²) in [5, 5.41) is 0.576. The zero-order valence-electron chi connectivity index (χ0n) is 16.6. The molecule has 0 spiro atoms. The Kier molecular flexibility index (Phi) is 6.22. The van der Waals surface area contributed by atoms with E-state index in [0.29, 0.717) is 10.7 Å². The molecule has 1 N–H and O–H groups in total. The summed E-state index contributed by atoms with van der Waals surface area (Å²) in [4.78, 5) is 8.78. The van der Waals surface area contributed by atoms with Gasteiger partial charge in [-0.2, -0.15) is 0 Å². The summed E-state index contributed by atoms with van der Waals surface area (Å²) < 4.78 is 28.7. The number of anilines is 1. The van der Waals surface area contributed by atoms with Crippen LogP contribution in [0.2, 0.25) is 5.15 Å². The first-order valence-electron chi connectivity index (χ1n) is 8.92. The molecule has 8 heteroatoms. The first kappa shape index (κ1) is 21.6. The van der Waals surface area contributed by atoms with Crippen LogP contribution < -0.4 is 4.72 Å². The summed E-state index contributed by atoms with van der Waals surface area (Å²) in [6, 6.07) is 16.1. The number of sulfonamides is 1. The SMILES string of the molecule is CSc1nc(Cl)c(-c2ccccc2)c(NS(=O)(=O)c2ccc(C(C)(C)C)cc2)n1. The Labute approximate surface area is 181 Å². The smallest absolute Gasteiger partial charge is 0.263 e. The second-order valence-corrected chi connectivity index (χ2v) is 10.3. The Morgan fingerprint density at radius 2 is 1.59 bits per heavy atom. The quantitative estimate of drug-likeness (QED) is 0.312. The third kappa shape index (κ3) is 4.91. The number of thioether (sulfide) groups is 1. The Morgan fingerprint density at radius 3 is 2.14 bits per heavy atom. The van der Waals surface area contributed by atoms with E-state index in [4.69, 9.17) is 11.6 Å². The lowest BCUT2D eigenvalue weighted by molar-refractivity contribution is 0.587. The standard InChI is InChI=1S/C21H22ClN3O2S2/c1-21(2,3)15-10-12-16(13-11-15)29(26,27)25-19-17(14-8-6-5-7-9-14)18(22)23-20(24-19)28-4/h5-13H,1-4H3,(H,23,24,25). The van der Waals surface area contributed by atoms with Crippen molar-refractivity contribution in [3.63, 3.8) is 0 Å². The summed E-state index contributed by atoms with van der Waals surface area (Å²) in [5.41, 5.74) is 2.16. The van der Waals surface area contributed by atoms with Crippen molar-refractivity contribution in [3.8, 4) is 11.1 Å². The average molecular weight is 448 g/mol. The molecule has 0 bridgehead atoms. The lowest BCUT2D eigenvalue weighted by Crippen LogP contribution is -2.16. The minimum atomic E-state index is -3.86. The topological polar surface area (TPSA) is 72.0 Å². The van der Waals surface area contributed by atoms with Crippen LogP contribution in [0.1, 0.15) is 26.3 Å². The van der Waals surface area contributed by atoms with E-state index in [1.807, 2.05) is 42.5 Å². The lowest BCUT2D eigenvalue weighted by atomic mass is 9.87. The Hall–Kier alpha value is -2.09. The van der Waals surface area contributed by atoms with Gasteiger partial charge in [-0.05, 0) is 34.9 Å². The normalized spacial score (nSPS) is 12.0. The minimum absolute atomic E-state index is 0.0658. The molecule has 0 unspecified atom stereocenters. The molecule has 0 saturated heterocycles. The molecule has 0 amide bonds.